The molecule has 1 aliphatic rings. The number of nitrogens with zero attached hydrogens (tertiary/aromatic N) is 1. The summed E-state index contributed by atoms with van der Waals surface area (Å²) in [6, 6.07) is 22.5. The number of hydrogen-bond donors (Lipinski definition) is 1. The lowest BCUT2D eigenvalue weighted by Gasteiger charge is -2.22. The van der Waals surface area contributed by atoms with Crippen LogP contribution >= 0.6 is 15.9 Å². The highest BCUT2D eigenvalue weighted by molar-refractivity contribution is 9.10. The minimum absolute atomic E-state index is 0.274. The van der Waals surface area contributed by atoms with Crippen molar-refractivity contribution in [3.63, 3.8) is 0 Å². The van der Waals surface area contributed by atoms with Gasteiger partial charge in [0.15, 0.2) is 11.4 Å². The maximum atomic E-state index is 12.9. The normalized spacial score (nSPS) is 18.0. The first-order valence-electron chi connectivity index (χ1n) is 9.47. The lowest BCUT2D eigenvalue weighted by atomic mass is 9.88. The number of fused-ring (bicyclic) bond motifs is 1. The van der Waals surface area contributed by atoms with Crippen LogP contribution in [0.15, 0.2) is 77.3 Å². The molecule has 4 rings (SSSR count). The molecule has 5 heteroatoms. The quantitative estimate of drug-likeness (QED) is 0.560. The summed E-state index contributed by atoms with van der Waals surface area (Å²) in [4.78, 5) is 27.4. The summed E-state index contributed by atoms with van der Waals surface area (Å²) in [5, 5.41) is 11.3. The smallest absolute Gasteiger partial charge is 0.264 e. The maximum Gasteiger partial charge on any atom is 0.264 e. The Morgan fingerprint density at radius 1 is 1.00 bits per heavy atom. The molecule has 29 heavy (non-hydrogen) atoms. The molecule has 1 heterocycles. The third-order valence-electron chi connectivity index (χ3n) is 5.34. The van der Waals surface area contributed by atoms with Gasteiger partial charge in [-0.15, -0.1) is 0 Å². The number of benzene rings is 3. The van der Waals surface area contributed by atoms with E-state index in [1.807, 2.05) is 55.5 Å². The van der Waals surface area contributed by atoms with Crippen molar-refractivity contribution in [1.29, 1.82) is 0 Å². The van der Waals surface area contributed by atoms with Crippen LogP contribution in [0.2, 0.25) is 0 Å². The second-order valence-corrected chi connectivity index (χ2v) is 8.03. The lowest BCUT2D eigenvalue weighted by molar-refractivity contribution is -0.135. The van der Waals surface area contributed by atoms with Crippen molar-refractivity contribution < 1.29 is 14.7 Å². The Bertz CT molecular complexity index is 1080. The molecular weight excluding hydrogens is 430 g/mol. The fraction of sp³-hybridized carbons (Fsp3) is 0.167. The van der Waals surface area contributed by atoms with Crippen LogP contribution in [0.3, 0.4) is 0 Å². The number of hydrogen-bond acceptors (Lipinski definition) is 3. The maximum absolute atomic E-state index is 12.9. The fourth-order valence-electron chi connectivity index (χ4n) is 3.82. The van der Waals surface area contributed by atoms with E-state index in [1.54, 1.807) is 24.3 Å². The molecule has 1 aliphatic heterocycles. The number of Topliss-reactive ketones (excluding diaryl/α,β-unsaturated/α-hetero) is 1. The zero-order chi connectivity index (χ0) is 20.6. The summed E-state index contributed by atoms with van der Waals surface area (Å²) < 4.78 is 0.750. The van der Waals surface area contributed by atoms with E-state index in [0.29, 0.717) is 23.4 Å². The van der Waals surface area contributed by atoms with Gasteiger partial charge in [0.1, 0.15) is 0 Å². The van der Waals surface area contributed by atoms with Gasteiger partial charge >= 0.3 is 0 Å². The summed E-state index contributed by atoms with van der Waals surface area (Å²) in [5.74, 6) is -0.730. The van der Waals surface area contributed by atoms with E-state index in [0.717, 1.165) is 15.6 Å². The molecule has 0 aromatic heterocycles. The molecular formula is C24H20BrNO3. The Hall–Kier alpha value is -2.76. The predicted octanol–water partition coefficient (Wildman–Crippen LogP) is 4.94. The van der Waals surface area contributed by atoms with E-state index in [4.69, 9.17) is 0 Å². The Morgan fingerprint density at radius 3 is 2.31 bits per heavy atom. The Balaban J connectivity index is 1.63. The van der Waals surface area contributed by atoms with Crippen molar-refractivity contribution >= 4 is 33.3 Å². The Kier molecular flexibility index (Phi) is 5.11. The van der Waals surface area contributed by atoms with Crippen LogP contribution in [0.5, 0.6) is 0 Å². The topological polar surface area (TPSA) is 57.6 Å². The van der Waals surface area contributed by atoms with Gasteiger partial charge in [-0.1, -0.05) is 70.5 Å². The molecule has 1 N–H and O–H groups in total. The van der Waals surface area contributed by atoms with Gasteiger partial charge in [0.25, 0.3) is 5.91 Å². The molecule has 1 amide bonds. The highest BCUT2D eigenvalue weighted by Gasteiger charge is 2.50. The second-order valence-electron chi connectivity index (χ2n) is 7.11. The van der Waals surface area contributed by atoms with Gasteiger partial charge in [0.05, 0.1) is 12.1 Å². The third kappa shape index (κ3) is 3.41. The van der Waals surface area contributed by atoms with Crippen molar-refractivity contribution in [2.24, 2.45) is 0 Å². The lowest BCUT2D eigenvalue weighted by Crippen LogP contribution is -2.41. The summed E-state index contributed by atoms with van der Waals surface area (Å²) >= 11 is 3.39. The van der Waals surface area contributed by atoms with Gasteiger partial charge in [0, 0.05) is 22.1 Å². The number of amides is 1. The number of halogens is 1. The SMILES string of the molecule is CCN1C(=O)C(O)(CC(=O)c2ccc(-c3ccccc3)cc2)c2cc(Br)ccc21. The summed E-state index contributed by atoms with van der Waals surface area (Å²) in [5.41, 5.74) is 1.79. The first-order chi connectivity index (χ1) is 13.9. The van der Waals surface area contributed by atoms with Crippen molar-refractivity contribution in [2.75, 3.05) is 11.4 Å². The van der Waals surface area contributed by atoms with Gasteiger partial charge in [-0.05, 0) is 36.2 Å². The van der Waals surface area contributed by atoms with E-state index in [-0.39, 0.29) is 12.2 Å². The minimum Gasteiger partial charge on any atom is -0.375 e. The molecule has 3 aromatic rings. The Labute approximate surface area is 177 Å². The standard InChI is InChI=1S/C24H20BrNO3/c1-2-26-21-13-12-19(25)14-20(21)24(29,23(26)28)15-22(27)18-10-8-17(9-11-18)16-6-4-3-5-7-16/h3-14,29H,2,15H2,1H3. The van der Waals surface area contributed by atoms with Crippen LogP contribution in [0, 0.1) is 0 Å². The van der Waals surface area contributed by atoms with Gasteiger partial charge < -0.3 is 10.0 Å². The number of ketones is 1. The number of aliphatic hydroxyl groups is 1. The number of likely N-dealkylation sites (N-methyl/N-ethyl adjacent to an activating group) is 1. The summed E-state index contributed by atoms with van der Waals surface area (Å²) in [7, 11) is 0. The van der Waals surface area contributed by atoms with Gasteiger partial charge in [-0.25, -0.2) is 0 Å². The average molecular weight is 450 g/mol. The molecule has 146 valence electrons. The van der Waals surface area contributed by atoms with E-state index < -0.39 is 11.5 Å². The number of carbonyl (C=O) groups excluding carboxylic acids is 2. The number of anilines is 1. The zero-order valence-electron chi connectivity index (χ0n) is 15.9. The molecule has 1 atom stereocenters. The predicted molar refractivity (Wildman–Crippen MR) is 117 cm³/mol. The van der Waals surface area contributed by atoms with Crippen molar-refractivity contribution in [1.82, 2.24) is 0 Å². The fourth-order valence-corrected chi connectivity index (χ4v) is 4.18. The van der Waals surface area contributed by atoms with Crippen LogP contribution in [-0.2, 0) is 10.4 Å². The van der Waals surface area contributed by atoms with Crippen LogP contribution in [0.1, 0.15) is 29.3 Å². The zero-order valence-corrected chi connectivity index (χ0v) is 17.5. The first-order valence-corrected chi connectivity index (χ1v) is 10.3. The second kappa shape index (κ2) is 7.58. The molecule has 4 nitrogen and oxygen atoms in total. The average Bonchev–Trinajstić information content (AvgIpc) is 2.95. The largest absolute Gasteiger partial charge is 0.375 e. The van der Waals surface area contributed by atoms with E-state index >= 15 is 0 Å². The first kappa shape index (κ1) is 19.6. The van der Waals surface area contributed by atoms with Crippen LogP contribution in [-0.4, -0.2) is 23.3 Å². The highest BCUT2D eigenvalue weighted by Crippen LogP contribution is 2.44. The molecule has 0 bridgehead atoms. The van der Waals surface area contributed by atoms with Gasteiger partial charge in [0.2, 0.25) is 0 Å². The molecule has 1 unspecified atom stereocenters. The van der Waals surface area contributed by atoms with Crippen molar-refractivity contribution in [2.45, 2.75) is 18.9 Å². The number of rotatable bonds is 5. The summed E-state index contributed by atoms with van der Waals surface area (Å²) in [6.45, 7) is 2.27. The van der Waals surface area contributed by atoms with Crippen molar-refractivity contribution in [3.8, 4) is 11.1 Å². The monoisotopic (exact) mass is 449 g/mol. The molecule has 0 fully saturated rings. The molecule has 0 radical (unpaired) electrons. The van der Waals surface area contributed by atoms with Crippen molar-refractivity contribution in [3.05, 3.63) is 88.4 Å². The number of carbonyl (C=O) groups is 2. The highest BCUT2D eigenvalue weighted by atomic mass is 79.9. The molecule has 0 aliphatic carbocycles. The van der Waals surface area contributed by atoms with Crippen LogP contribution in [0.4, 0.5) is 5.69 Å². The van der Waals surface area contributed by atoms with Crippen LogP contribution < -0.4 is 4.90 Å². The Morgan fingerprint density at radius 2 is 1.66 bits per heavy atom. The summed E-state index contributed by atoms with van der Waals surface area (Å²) in [6.07, 6.45) is -0.295. The minimum atomic E-state index is -1.86. The molecule has 0 saturated carbocycles. The van der Waals surface area contributed by atoms with Gasteiger partial charge in [-0.2, -0.15) is 0 Å². The molecule has 0 saturated heterocycles. The molecule has 0 spiro atoms. The van der Waals surface area contributed by atoms with Crippen LogP contribution in [0.25, 0.3) is 11.1 Å². The van der Waals surface area contributed by atoms with E-state index in [9.17, 15) is 14.7 Å². The van der Waals surface area contributed by atoms with E-state index in [1.165, 1.54) is 4.90 Å². The third-order valence-corrected chi connectivity index (χ3v) is 5.83. The molecule has 3 aromatic carbocycles. The van der Waals surface area contributed by atoms with Gasteiger partial charge in [-0.3, -0.25) is 9.59 Å². The van der Waals surface area contributed by atoms with E-state index in [2.05, 4.69) is 15.9 Å².